The molecule has 2 N–H and O–H groups in total. The summed E-state index contributed by atoms with van der Waals surface area (Å²) in [6.07, 6.45) is 3.28. The Morgan fingerprint density at radius 3 is 2.47 bits per heavy atom. The molecule has 0 aliphatic heterocycles. The summed E-state index contributed by atoms with van der Waals surface area (Å²) in [5.74, 6) is 0.556. The molecule has 1 aliphatic carbocycles. The van der Waals surface area contributed by atoms with Crippen LogP contribution in [0.3, 0.4) is 0 Å². The van der Waals surface area contributed by atoms with Crippen molar-refractivity contribution in [3.63, 3.8) is 0 Å². The van der Waals surface area contributed by atoms with Crippen molar-refractivity contribution in [2.75, 3.05) is 53.3 Å². The first-order chi connectivity index (χ1) is 9.29. The molecule has 1 fully saturated rings. The molecule has 114 valence electrons. The summed E-state index contributed by atoms with van der Waals surface area (Å²) >= 11 is 0. The van der Waals surface area contributed by atoms with Gasteiger partial charge in [0.05, 0.1) is 32.0 Å². The summed E-state index contributed by atoms with van der Waals surface area (Å²) in [5, 5.41) is 13.0. The SMILES string of the molecule is CCNC(CO)(COCCOCCCOC)C1CC1. The van der Waals surface area contributed by atoms with Gasteiger partial charge in [0.15, 0.2) is 0 Å². The van der Waals surface area contributed by atoms with E-state index in [4.69, 9.17) is 14.2 Å². The average Bonchev–Trinajstić information content (AvgIpc) is 3.25. The van der Waals surface area contributed by atoms with Gasteiger partial charge in [0.1, 0.15) is 0 Å². The fourth-order valence-electron chi connectivity index (χ4n) is 2.31. The van der Waals surface area contributed by atoms with E-state index in [0.717, 1.165) is 19.6 Å². The molecule has 19 heavy (non-hydrogen) atoms. The maximum absolute atomic E-state index is 9.63. The van der Waals surface area contributed by atoms with Gasteiger partial charge in [-0.3, -0.25) is 0 Å². The lowest BCUT2D eigenvalue weighted by Crippen LogP contribution is -2.54. The number of hydrogen-bond donors (Lipinski definition) is 2. The summed E-state index contributed by atoms with van der Waals surface area (Å²) in [6.45, 7) is 6.23. The Bertz CT molecular complexity index is 223. The summed E-state index contributed by atoms with van der Waals surface area (Å²) < 4.78 is 16.0. The van der Waals surface area contributed by atoms with E-state index in [0.29, 0.717) is 32.3 Å². The van der Waals surface area contributed by atoms with E-state index in [2.05, 4.69) is 12.2 Å². The molecule has 1 rings (SSSR count). The third kappa shape index (κ3) is 6.19. The van der Waals surface area contributed by atoms with Crippen LogP contribution in [0.25, 0.3) is 0 Å². The molecule has 0 aromatic rings. The van der Waals surface area contributed by atoms with Crippen LogP contribution in [0.1, 0.15) is 26.2 Å². The first-order valence-corrected chi connectivity index (χ1v) is 7.29. The van der Waals surface area contributed by atoms with Crippen LogP contribution in [0.4, 0.5) is 0 Å². The van der Waals surface area contributed by atoms with Gasteiger partial charge in [-0.05, 0) is 31.7 Å². The molecule has 0 spiro atoms. The van der Waals surface area contributed by atoms with E-state index >= 15 is 0 Å². The van der Waals surface area contributed by atoms with E-state index in [-0.39, 0.29) is 12.1 Å². The van der Waals surface area contributed by atoms with Gasteiger partial charge in [0.25, 0.3) is 0 Å². The number of rotatable bonds is 13. The minimum atomic E-state index is -0.245. The Morgan fingerprint density at radius 2 is 1.89 bits per heavy atom. The third-order valence-electron chi connectivity index (χ3n) is 3.54. The molecular formula is C14H29NO4. The molecule has 1 atom stereocenters. The zero-order chi connectivity index (χ0) is 14.0. The van der Waals surface area contributed by atoms with Crippen molar-refractivity contribution >= 4 is 0 Å². The summed E-state index contributed by atoms with van der Waals surface area (Å²) in [7, 11) is 1.69. The molecule has 1 unspecified atom stereocenters. The minimum absolute atomic E-state index is 0.139. The first-order valence-electron chi connectivity index (χ1n) is 7.29. The van der Waals surface area contributed by atoms with Gasteiger partial charge in [-0.15, -0.1) is 0 Å². The molecule has 1 saturated carbocycles. The largest absolute Gasteiger partial charge is 0.394 e. The predicted octanol–water partition coefficient (Wildman–Crippen LogP) is 0.807. The van der Waals surface area contributed by atoms with E-state index in [1.54, 1.807) is 7.11 Å². The highest BCUT2D eigenvalue weighted by atomic mass is 16.5. The average molecular weight is 275 g/mol. The van der Waals surface area contributed by atoms with Crippen LogP contribution in [0, 0.1) is 5.92 Å². The Labute approximate surface area is 116 Å². The van der Waals surface area contributed by atoms with Crippen LogP contribution >= 0.6 is 0 Å². The maximum atomic E-state index is 9.63. The highest BCUT2D eigenvalue weighted by molar-refractivity contribution is 5.00. The first kappa shape index (κ1) is 16.9. The summed E-state index contributed by atoms with van der Waals surface area (Å²) in [4.78, 5) is 0. The van der Waals surface area contributed by atoms with Crippen molar-refractivity contribution < 1.29 is 19.3 Å². The predicted molar refractivity (Wildman–Crippen MR) is 74.3 cm³/mol. The number of ether oxygens (including phenoxy) is 3. The Kier molecular flexibility index (Phi) is 8.57. The van der Waals surface area contributed by atoms with Gasteiger partial charge in [0, 0.05) is 20.3 Å². The fraction of sp³-hybridized carbons (Fsp3) is 1.00. The van der Waals surface area contributed by atoms with Gasteiger partial charge in [-0.25, -0.2) is 0 Å². The highest BCUT2D eigenvalue weighted by Crippen LogP contribution is 2.39. The van der Waals surface area contributed by atoms with Crippen molar-refractivity contribution in [2.45, 2.75) is 31.7 Å². The number of aliphatic hydroxyl groups is 1. The second-order valence-electron chi connectivity index (χ2n) is 5.13. The van der Waals surface area contributed by atoms with Crippen LogP contribution < -0.4 is 5.32 Å². The summed E-state index contributed by atoms with van der Waals surface area (Å²) in [5.41, 5.74) is -0.245. The summed E-state index contributed by atoms with van der Waals surface area (Å²) in [6, 6.07) is 0. The molecule has 0 aromatic heterocycles. The van der Waals surface area contributed by atoms with Crippen molar-refractivity contribution in [1.29, 1.82) is 0 Å². The lowest BCUT2D eigenvalue weighted by molar-refractivity contribution is -0.00599. The lowest BCUT2D eigenvalue weighted by Gasteiger charge is -2.32. The monoisotopic (exact) mass is 275 g/mol. The van der Waals surface area contributed by atoms with Crippen LogP contribution in [0.15, 0.2) is 0 Å². The topological polar surface area (TPSA) is 60.0 Å². The van der Waals surface area contributed by atoms with E-state index in [1.807, 2.05) is 0 Å². The van der Waals surface area contributed by atoms with Crippen LogP contribution in [0.5, 0.6) is 0 Å². The fourth-order valence-corrected chi connectivity index (χ4v) is 2.31. The van der Waals surface area contributed by atoms with Crippen LogP contribution in [0.2, 0.25) is 0 Å². The van der Waals surface area contributed by atoms with E-state index < -0.39 is 0 Å². The lowest BCUT2D eigenvalue weighted by atomic mass is 9.95. The van der Waals surface area contributed by atoms with E-state index in [9.17, 15) is 5.11 Å². The molecule has 0 bridgehead atoms. The molecule has 0 heterocycles. The van der Waals surface area contributed by atoms with Gasteiger partial charge >= 0.3 is 0 Å². The molecule has 5 nitrogen and oxygen atoms in total. The van der Waals surface area contributed by atoms with Gasteiger partial charge in [-0.2, -0.15) is 0 Å². The molecule has 0 amide bonds. The second kappa shape index (κ2) is 9.66. The number of hydrogen-bond acceptors (Lipinski definition) is 5. The van der Waals surface area contributed by atoms with E-state index in [1.165, 1.54) is 12.8 Å². The van der Waals surface area contributed by atoms with Gasteiger partial charge in [-0.1, -0.05) is 6.92 Å². The second-order valence-corrected chi connectivity index (χ2v) is 5.13. The van der Waals surface area contributed by atoms with Crippen LogP contribution in [-0.4, -0.2) is 63.9 Å². The molecule has 5 heteroatoms. The minimum Gasteiger partial charge on any atom is -0.394 e. The van der Waals surface area contributed by atoms with Crippen molar-refractivity contribution in [2.24, 2.45) is 5.92 Å². The Balaban J connectivity index is 2.08. The number of nitrogens with one attached hydrogen (secondary N) is 1. The number of methoxy groups -OCH3 is 1. The third-order valence-corrected chi connectivity index (χ3v) is 3.54. The molecule has 0 radical (unpaired) electrons. The van der Waals surface area contributed by atoms with Crippen LogP contribution in [-0.2, 0) is 14.2 Å². The number of likely N-dealkylation sites (N-methyl/N-ethyl adjacent to an activating group) is 1. The quantitative estimate of drug-likeness (QED) is 0.487. The molecule has 0 saturated heterocycles. The standard InChI is InChI=1S/C14H29NO4/c1-3-15-14(11-16,13-5-6-13)12-19-10-9-18-8-4-7-17-2/h13,15-16H,3-12H2,1-2H3. The zero-order valence-electron chi connectivity index (χ0n) is 12.3. The normalized spacial score (nSPS) is 18.5. The molecule has 1 aliphatic rings. The number of aliphatic hydroxyl groups excluding tert-OH is 1. The van der Waals surface area contributed by atoms with Crippen molar-refractivity contribution in [1.82, 2.24) is 5.32 Å². The molecular weight excluding hydrogens is 246 g/mol. The Hall–Kier alpha value is -0.200. The van der Waals surface area contributed by atoms with Crippen molar-refractivity contribution in [3.8, 4) is 0 Å². The highest BCUT2D eigenvalue weighted by Gasteiger charge is 2.44. The Morgan fingerprint density at radius 1 is 1.16 bits per heavy atom. The van der Waals surface area contributed by atoms with Gasteiger partial charge in [0.2, 0.25) is 0 Å². The van der Waals surface area contributed by atoms with Crippen molar-refractivity contribution in [3.05, 3.63) is 0 Å². The zero-order valence-corrected chi connectivity index (χ0v) is 12.3. The smallest absolute Gasteiger partial charge is 0.0701 e. The maximum Gasteiger partial charge on any atom is 0.0701 e. The molecule has 0 aromatic carbocycles. The van der Waals surface area contributed by atoms with Gasteiger partial charge < -0.3 is 24.6 Å².